The standard InChI is InChI=1S/C16H20ClFN2O/c1-11(17)15-19-13-4-3-12(18)9-14(13)20(15)10-16(2)5-7-21-8-6-16/h3-4,9,11H,5-8,10H2,1-2H3. The molecule has 0 bridgehead atoms. The molecular weight excluding hydrogens is 291 g/mol. The highest BCUT2D eigenvalue weighted by atomic mass is 35.5. The monoisotopic (exact) mass is 310 g/mol. The highest BCUT2D eigenvalue weighted by Gasteiger charge is 2.30. The van der Waals surface area contributed by atoms with Gasteiger partial charge in [0.15, 0.2) is 0 Å². The molecule has 1 atom stereocenters. The maximum absolute atomic E-state index is 13.6. The predicted octanol–water partition coefficient (Wildman–Crippen LogP) is 4.29. The van der Waals surface area contributed by atoms with Gasteiger partial charge in [0.25, 0.3) is 0 Å². The number of nitrogens with zero attached hydrogens (tertiary/aromatic N) is 2. The molecule has 1 unspecified atom stereocenters. The number of fused-ring (bicyclic) bond motifs is 1. The zero-order chi connectivity index (χ0) is 15.0. The van der Waals surface area contributed by atoms with Gasteiger partial charge in [0, 0.05) is 19.8 Å². The molecule has 0 saturated carbocycles. The minimum absolute atomic E-state index is 0.138. The summed E-state index contributed by atoms with van der Waals surface area (Å²) in [5.74, 6) is 0.569. The number of aromatic nitrogens is 2. The van der Waals surface area contributed by atoms with Crippen LogP contribution in [0.3, 0.4) is 0 Å². The van der Waals surface area contributed by atoms with Crippen molar-refractivity contribution in [3.63, 3.8) is 0 Å². The number of hydrogen-bond donors (Lipinski definition) is 0. The van der Waals surface area contributed by atoms with E-state index in [4.69, 9.17) is 16.3 Å². The summed E-state index contributed by atoms with van der Waals surface area (Å²) in [5, 5.41) is -0.205. The number of halogens is 2. The van der Waals surface area contributed by atoms with E-state index >= 15 is 0 Å². The molecule has 1 fully saturated rings. The van der Waals surface area contributed by atoms with Crippen LogP contribution in [0.5, 0.6) is 0 Å². The molecule has 0 spiro atoms. The van der Waals surface area contributed by atoms with Gasteiger partial charge in [-0.2, -0.15) is 0 Å². The Balaban J connectivity index is 2.06. The highest BCUT2D eigenvalue weighted by molar-refractivity contribution is 6.20. The van der Waals surface area contributed by atoms with Crippen LogP contribution >= 0.6 is 11.6 Å². The Morgan fingerprint density at radius 2 is 2.14 bits per heavy atom. The van der Waals surface area contributed by atoms with Gasteiger partial charge in [0.05, 0.1) is 16.4 Å². The predicted molar refractivity (Wildman–Crippen MR) is 82.1 cm³/mol. The molecule has 0 amide bonds. The number of hydrogen-bond acceptors (Lipinski definition) is 2. The van der Waals surface area contributed by atoms with Crippen molar-refractivity contribution in [3.8, 4) is 0 Å². The van der Waals surface area contributed by atoms with Gasteiger partial charge in [-0.05, 0) is 43.4 Å². The topological polar surface area (TPSA) is 27.1 Å². The van der Waals surface area contributed by atoms with Crippen LogP contribution in [0, 0.1) is 11.2 Å². The lowest BCUT2D eigenvalue weighted by molar-refractivity contribution is 0.0157. The number of imidazole rings is 1. The molecule has 114 valence electrons. The summed E-state index contributed by atoms with van der Waals surface area (Å²) in [7, 11) is 0. The quantitative estimate of drug-likeness (QED) is 0.791. The van der Waals surface area contributed by atoms with Gasteiger partial charge in [-0.1, -0.05) is 6.92 Å². The van der Waals surface area contributed by atoms with E-state index in [1.165, 1.54) is 6.07 Å². The third-order valence-corrected chi connectivity index (χ3v) is 4.53. The molecule has 2 heterocycles. The normalized spacial score (nSPS) is 19.8. The van der Waals surface area contributed by atoms with Crippen LogP contribution in [0.15, 0.2) is 18.2 Å². The van der Waals surface area contributed by atoms with Crippen LogP contribution in [0.1, 0.15) is 37.9 Å². The third-order valence-electron chi connectivity index (χ3n) is 4.34. The molecule has 1 aromatic heterocycles. The first-order chi connectivity index (χ1) is 9.98. The first kappa shape index (κ1) is 14.8. The van der Waals surface area contributed by atoms with Crippen LogP contribution in [0.2, 0.25) is 0 Å². The summed E-state index contributed by atoms with van der Waals surface area (Å²) in [4.78, 5) is 4.58. The second-order valence-electron chi connectivity index (χ2n) is 6.23. The summed E-state index contributed by atoms with van der Waals surface area (Å²) >= 11 is 6.28. The van der Waals surface area contributed by atoms with E-state index in [1.807, 2.05) is 6.92 Å². The van der Waals surface area contributed by atoms with Crippen LogP contribution < -0.4 is 0 Å². The SMILES string of the molecule is CC(Cl)c1nc2ccc(F)cc2n1CC1(C)CCOCC1. The van der Waals surface area contributed by atoms with E-state index in [0.717, 1.165) is 49.5 Å². The summed E-state index contributed by atoms with van der Waals surface area (Å²) in [6.45, 7) is 6.51. The minimum atomic E-state index is -0.241. The lowest BCUT2D eigenvalue weighted by Gasteiger charge is -2.34. The fourth-order valence-corrected chi connectivity index (χ4v) is 3.15. The Labute approximate surface area is 129 Å². The largest absolute Gasteiger partial charge is 0.381 e. The number of benzene rings is 1. The minimum Gasteiger partial charge on any atom is -0.381 e. The summed E-state index contributed by atoms with van der Waals surface area (Å²) < 4.78 is 21.1. The highest BCUT2D eigenvalue weighted by Crippen LogP contribution is 2.35. The second kappa shape index (κ2) is 5.58. The Morgan fingerprint density at radius 1 is 1.43 bits per heavy atom. The molecule has 1 saturated heterocycles. The average Bonchev–Trinajstić information content (AvgIpc) is 2.77. The molecule has 0 aliphatic carbocycles. The fourth-order valence-electron chi connectivity index (χ4n) is 2.99. The van der Waals surface area contributed by atoms with Crippen molar-refractivity contribution in [2.75, 3.05) is 13.2 Å². The first-order valence-electron chi connectivity index (χ1n) is 7.36. The summed E-state index contributed by atoms with van der Waals surface area (Å²) in [6, 6.07) is 4.71. The van der Waals surface area contributed by atoms with Crippen molar-refractivity contribution in [2.45, 2.75) is 38.6 Å². The Morgan fingerprint density at radius 3 is 2.81 bits per heavy atom. The van der Waals surface area contributed by atoms with Crippen LogP contribution in [-0.2, 0) is 11.3 Å². The molecular formula is C16H20ClFN2O. The van der Waals surface area contributed by atoms with Crippen LogP contribution in [0.4, 0.5) is 4.39 Å². The van der Waals surface area contributed by atoms with Crippen molar-refractivity contribution >= 4 is 22.6 Å². The summed E-state index contributed by atoms with van der Waals surface area (Å²) in [6.07, 6.45) is 2.00. The number of alkyl halides is 1. The second-order valence-corrected chi connectivity index (χ2v) is 6.88. The van der Waals surface area contributed by atoms with Crippen LogP contribution in [-0.4, -0.2) is 22.8 Å². The van der Waals surface area contributed by atoms with Gasteiger partial charge in [-0.25, -0.2) is 9.37 Å². The maximum atomic E-state index is 13.6. The molecule has 2 aromatic rings. The fraction of sp³-hybridized carbons (Fsp3) is 0.562. The maximum Gasteiger partial charge on any atom is 0.127 e. The van der Waals surface area contributed by atoms with E-state index in [-0.39, 0.29) is 16.6 Å². The third kappa shape index (κ3) is 2.92. The van der Waals surface area contributed by atoms with Crippen LogP contribution in [0.25, 0.3) is 11.0 Å². The molecule has 21 heavy (non-hydrogen) atoms. The molecule has 1 aromatic carbocycles. The van der Waals surface area contributed by atoms with E-state index < -0.39 is 0 Å². The molecule has 0 N–H and O–H groups in total. The lowest BCUT2D eigenvalue weighted by atomic mass is 9.82. The van der Waals surface area contributed by atoms with Gasteiger partial charge < -0.3 is 9.30 Å². The molecule has 3 rings (SSSR count). The van der Waals surface area contributed by atoms with E-state index in [2.05, 4.69) is 16.5 Å². The number of ether oxygens (including phenoxy) is 1. The summed E-state index contributed by atoms with van der Waals surface area (Å²) in [5.41, 5.74) is 1.76. The van der Waals surface area contributed by atoms with Crippen molar-refractivity contribution in [3.05, 3.63) is 29.8 Å². The molecule has 1 aliphatic rings. The van der Waals surface area contributed by atoms with Crippen molar-refractivity contribution in [1.29, 1.82) is 0 Å². The number of rotatable bonds is 3. The zero-order valence-corrected chi connectivity index (χ0v) is 13.2. The van der Waals surface area contributed by atoms with E-state index in [0.29, 0.717) is 0 Å². The Bertz CT molecular complexity index is 647. The van der Waals surface area contributed by atoms with Gasteiger partial charge >= 0.3 is 0 Å². The molecule has 0 radical (unpaired) electrons. The molecule has 3 nitrogen and oxygen atoms in total. The van der Waals surface area contributed by atoms with Gasteiger partial charge in [-0.3, -0.25) is 0 Å². The molecule has 5 heteroatoms. The Hall–Kier alpha value is -1.13. The molecule has 1 aliphatic heterocycles. The van der Waals surface area contributed by atoms with Crippen molar-refractivity contribution in [2.24, 2.45) is 5.41 Å². The van der Waals surface area contributed by atoms with E-state index in [9.17, 15) is 4.39 Å². The lowest BCUT2D eigenvalue weighted by Crippen LogP contribution is -2.31. The van der Waals surface area contributed by atoms with Crippen molar-refractivity contribution < 1.29 is 9.13 Å². The van der Waals surface area contributed by atoms with Gasteiger partial charge in [0.2, 0.25) is 0 Å². The van der Waals surface area contributed by atoms with E-state index in [1.54, 1.807) is 12.1 Å². The Kier molecular flexibility index (Phi) is 3.93. The first-order valence-corrected chi connectivity index (χ1v) is 7.80. The van der Waals surface area contributed by atoms with Gasteiger partial charge in [-0.15, -0.1) is 11.6 Å². The smallest absolute Gasteiger partial charge is 0.127 e. The van der Waals surface area contributed by atoms with Crippen molar-refractivity contribution in [1.82, 2.24) is 9.55 Å². The van der Waals surface area contributed by atoms with Gasteiger partial charge in [0.1, 0.15) is 11.6 Å². The average molecular weight is 311 g/mol. The zero-order valence-electron chi connectivity index (χ0n) is 12.4.